The van der Waals surface area contributed by atoms with Crippen molar-refractivity contribution in [2.45, 2.75) is 26.7 Å². The van der Waals surface area contributed by atoms with Crippen molar-refractivity contribution in [2.75, 3.05) is 24.5 Å². The number of fused-ring (bicyclic) bond motifs is 2. The van der Waals surface area contributed by atoms with Crippen LogP contribution in [0.15, 0.2) is 53.8 Å². The van der Waals surface area contributed by atoms with E-state index < -0.39 is 6.09 Å². The maximum Gasteiger partial charge on any atom is 0.416 e. The maximum absolute atomic E-state index is 11.9. The highest BCUT2D eigenvalue weighted by atomic mass is 16.4. The topological polar surface area (TPSA) is 43.8 Å². The molecule has 24 heavy (non-hydrogen) atoms. The number of rotatable bonds is 5. The first-order valence-corrected chi connectivity index (χ1v) is 8.61. The number of hydrogen-bond donors (Lipinski definition) is 1. The lowest BCUT2D eigenvalue weighted by Gasteiger charge is -2.35. The summed E-state index contributed by atoms with van der Waals surface area (Å²) >= 11 is 0. The van der Waals surface area contributed by atoms with E-state index in [-0.39, 0.29) is 0 Å². The molecule has 0 radical (unpaired) electrons. The lowest BCUT2D eigenvalue weighted by molar-refractivity contribution is 0.204. The van der Waals surface area contributed by atoms with Gasteiger partial charge in [0.05, 0.1) is 11.4 Å². The fourth-order valence-corrected chi connectivity index (χ4v) is 3.56. The Morgan fingerprint density at radius 2 is 2.00 bits per heavy atom. The molecule has 4 nitrogen and oxygen atoms in total. The Morgan fingerprint density at radius 3 is 2.71 bits per heavy atom. The summed E-state index contributed by atoms with van der Waals surface area (Å²) in [5, 5.41) is 9.73. The number of hydrogen-bond acceptors (Lipinski definition) is 2. The van der Waals surface area contributed by atoms with Gasteiger partial charge in [-0.3, -0.25) is 0 Å². The third kappa shape index (κ3) is 2.89. The minimum absolute atomic E-state index is 0.768. The van der Waals surface area contributed by atoms with Crippen LogP contribution in [-0.4, -0.2) is 35.7 Å². The molecule has 1 heterocycles. The second-order valence-electron chi connectivity index (χ2n) is 6.05. The third-order valence-electron chi connectivity index (χ3n) is 4.86. The van der Waals surface area contributed by atoms with Crippen molar-refractivity contribution >= 4 is 17.4 Å². The Balaban J connectivity index is 2.07. The van der Waals surface area contributed by atoms with Crippen molar-refractivity contribution in [1.29, 1.82) is 0 Å². The van der Waals surface area contributed by atoms with Crippen molar-refractivity contribution in [1.82, 2.24) is 4.90 Å². The van der Waals surface area contributed by atoms with E-state index in [2.05, 4.69) is 24.8 Å². The van der Waals surface area contributed by atoms with Gasteiger partial charge in [-0.25, -0.2) is 9.69 Å². The molecular formula is C20H24N2O2. The number of para-hydroxylation sites is 1. The quantitative estimate of drug-likeness (QED) is 0.866. The molecule has 1 amide bonds. The SMILES string of the molecule is CCN(CC)CCC1=C2CC=CC=C2N(C(=O)O)c2ccccc21. The Kier molecular flexibility index (Phi) is 4.86. The van der Waals surface area contributed by atoms with E-state index in [1.165, 1.54) is 10.5 Å². The average Bonchev–Trinajstić information content (AvgIpc) is 2.61. The van der Waals surface area contributed by atoms with Gasteiger partial charge in [0.15, 0.2) is 0 Å². The van der Waals surface area contributed by atoms with E-state index in [0.29, 0.717) is 0 Å². The monoisotopic (exact) mass is 324 g/mol. The van der Waals surface area contributed by atoms with Crippen molar-refractivity contribution in [2.24, 2.45) is 0 Å². The summed E-state index contributed by atoms with van der Waals surface area (Å²) in [4.78, 5) is 15.7. The lowest BCUT2D eigenvalue weighted by Crippen LogP contribution is -2.34. The first-order valence-electron chi connectivity index (χ1n) is 8.61. The van der Waals surface area contributed by atoms with Crippen LogP contribution in [-0.2, 0) is 0 Å². The standard InChI is InChI=1S/C20H24N2O2/c1-3-21(4-2)14-13-15-16-9-5-7-11-18(16)22(20(23)24)19-12-8-6-10-17(15)19/h5-9,11-12H,3-4,10,13-14H2,1-2H3,(H,23,24). The molecule has 3 rings (SSSR count). The van der Waals surface area contributed by atoms with Crippen LogP contribution < -0.4 is 4.90 Å². The predicted octanol–water partition coefficient (Wildman–Crippen LogP) is 4.51. The molecule has 2 aliphatic rings. The van der Waals surface area contributed by atoms with Crippen molar-refractivity contribution < 1.29 is 9.90 Å². The van der Waals surface area contributed by atoms with Gasteiger partial charge < -0.3 is 10.0 Å². The largest absolute Gasteiger partial charge is 0.464 e. The van der Waals surface area contributed by atoms with E-state index in [1.807, 2.05) is 36.4 Å². The van der Waals surface area contributed by atoms with Gasteiger partial charge in [-0.2, -0.15) is 0 Å². The van der Waals surface area contributed by atoms with Gasteiger partial charge in [0.2, 0.25) is 0 Å². The molecule has 1 aliphatic carbocycles. The van der Waals surface area contributed by atoms with Crippen LogP contribution in [0.4, 0.5) is 10.5 Å². The molecule has 0 fully saturated rings. The van der Waals surface area contributed by atoms with Crippen LogP contribution in [0.2, 0.25) is 0 Å². The Hall–Kier alpha value is -2.33. The van der Waals surface area contributed by atoms with Crippen LogP contribution in [0.3, 0.4) is 0 Å². The Morgan fingerprint density at radius 1 is 1.25 bits per heavy atom. The van der Waals surface area contributed by atoms with E-state index in [0.717, 1.165) is 55.0 Å². The van der Waals surface area contributed by atoms with Crippen LogP contribution in [0.1, 0.15) is 32.3 Å². The summed E-state index contributed by atoms with van der Waals surface area (Å²) < 4.78 is 0. The molecule has 0 spiro atoms. The molecular weight excluding hydrogens is 300 g/mol. The summed E-state index contributed by atoms with van der Waals surface area (Å²) in [6.45, 7) is 7.41. The minimum atomic E-state index is -0.927. The molecule has 0 bridgehead atoms. The smallest absolute Gasteiger partial charge is 0.416 e. The number of nitrogens with zero attached hydrogens (tertiary/aromatic N) is 2. The highest BCUT2D eigenvalue weighted by Gasteiger charge is 2.32. The minimum Gasteiger partial charge on any atom is -0.464 e. The van der Waals surface area contributed by atoms with Gasteiger partial charge in [0.1, 0.15) is 0 Å². The molecule has 4 heteroatoms. The number of anilines is 1. The molecule has 126 valence electrons. The zero-order valence-corrected chi connectivity index (χ0v) is 14.3. The number of carbonyl (C=O) groups is 1. The molecule has 0 atom stereocenters. The van der Waals surface area contributed by atoms with Gasteiger partial charge in [0, 0.05) is 12.1 Å². The van der Waals surface area contributed by atoms with Crippen molar-refractivity contribution in [3.05, 3.63) is 59.3 Å². The van der Waals surface area contributed by atoms with Crippen LogP contribution in [0.25, 0.3) is 5.57 Å². The molecule has 1 aromatic carbocycles. The lowest BCUT2D eigenvalue weighted by atomic mass is 9.85. The first kappa shape index (κ1) is 16.5. The first-order chi connectivity index (χ1) is 11.7. The normalized spacial score (nSPS) is 16.1. The van der Waals surface area contributed by atoms with Gasteiger partial charge in [0.25, 0.3) is 0 Å². The zero-order chi connectivity index (χ0) is 17.1. The molecule has 0 aromatic heterocycles. The van der Waals surface area contributed by atoms with Crippen LogP contribution >= 0.6 is 0 Å². The molecule has 1 aromatic rings. The summed E-state index contributed by atoms with van der Waals surface area (Å²) in [5.41, 5.74) is 5.05. The fraction of sp³-hybridized carbons (Fsp3) is 0.350. The number of benzene rings is 1. The Bertz CT molecular complexity index is 727. The van der Waals surface area contributed by atoms with E-state index >= 15 is 0 Å². The zero-order valence-electron chi connectivity index (χ0n) is 14.3. The predicted molar refractivity (Wildman–Crippen MR) is 98.1 cm³/mol. The summed E-state index contributed by atoms with van der Waals surface area (Å²) in [5.74, 6) is 0. The van der Waals surface area contributed by atoms with Gasteiger partial charge >= 0.3 is 6.09 Å². The second kappa shape index (κ2) is 7.05. The molecule has 1 N–H and O–H groups in total. The highest BCUT2D eigenvalue weighted by Crippen LogP contribution is 2.44. The third-order valence-corrected chi connectivity index (χ3v) is 4.86. The Labute approximate surface area is 143 Å². The van der Waals surface area contributed by atoms with Gasteiger partial charge in [-0.1, -0.05) is 44.2 Å². The van der Waals surface area contributed by atoms with Crippen molar-refractivity contribution in [3.8, 4) is 0 Å². The van der Waals surface area contributed by atoms with E-state index in [4.69, 9.17) is 0 Å². The van der Waals surface area contributed by atoms with Crippen LogP contribution in [0, 0.1) is 0 Å². The fourth-order valence-electron chi connectivity index (χ4n) is 3.56. The second-order valence-corrected chi connectivity index (χ2v) is 6.05. The van der Waals surface area contributed by atoms with Crippen molar-refractivity contribution in [3.63, 3.8) is 0 Å². The molecule has 0 saturated carbocycles. The van der Waals surface area contributed by atoms with E-state index in [1.54, 1.807) is 0 Å². The van der Waals surface area contributed by atoms with Gasteiger partial charge in [-0.15, -0.1) is 0 Å². The summed E-state index contributed by atoms with van der Waals surface area (Å²) in [6.07, 6.45) is 6.77. The average molecular weight is 324 g/mol. The van der Waals surface area contributed by atoms with Crippen LogP contribution in [0.5, 0.6) is 0 Å². The van der Waals surface area contributed by atoms with Gasteiger partial charge in [-0.05, 0) is 49.2 Å². The van der Waals surface area contributed by atoms with E-state index in [9.17, 15) is 9.90 Å². The number of amides is 1. The molecule has 0 unspecified atom stereocenters. The summed E-state index contributed by atoms with van der Waals surface area (Å²) in [7, 11) is 0. The molecule has 0 saturated heterocycles. The maximum atomic E-state index is 11.9. The highest BCUT2D eigenvalue weighted by molar-refractivity contribution is 6.00. The molecule has 1 aliphatic heterocycles. The number of allylic oxidation sites excluding steroid dienone is 4. The summed E-state index contributed by atoms with van der Waals surface area (Å²) in [6, 6.07) is 7.84. The number of carboxylic acid groups (broad SMARTS) is 1.